The van der Waals surface area contributed by atoms with Crippen molar-refractivity contribution in [2.75, 3.05) is 10.6 Å². The molecular weight excluding hydrogens is 299 g/mol. The largest absolute Gasteiger partial charge is 0.508 e. The molecule has 0 aliphatic heterocycles. The van der Waals surface area contributed by atoms with Crippen LogP contribution in [0.5, 0.6) is 5.75 Å². The maximum Gasteiger partial charge on any atom is 0.323 e. The fourth-order valence-electron chi connectivity index (χ4n) is 1.55. The van der Waals surface area contributed by atoms with Crippen LogP contribution in [0, 0.1) is 6.92 Å². The van der Waals surface area contributed by atoms with Crippen LogP contribution >= 0.6 is 23.2 Å². The van der Waals surface area contributed by atoms with Gasteiger partial charge in [0.2, 0.25) is 0 Å². The molecule has 2 amide bonds. The molecule has 0 heterocycles. The summed E-state index contributed by atoms with van der Waals surface area (Å²) >= 11 is 11.7. The second-order valence-electron chi connectivity index (χ2n) is 4.21. The van der Waals surface area contributed by atoms with E-state index in [-0.39, 0.29) is 5.75 Å². The summed E-state index contributed by atoms with van der Waals surface area (Å²) in [6.45, 7) is 1.77. The average molecular weight is 311 g/mol. The number of aryl methyl sites for hydroxylation is 1. The Balaban J connectivity index is 2.04. The molecule has 0 aliphatic carbocycles. The number of hydrogen-bond acceptors (Lipinski definition) is 2. The van der Waals surface area contributed by atoms with Crippen molar-refractivity contribution in [3.8, 4) is 5.75 Å². The third kappa shape index (κ3) is 3.56. The van der Waals surface area contributed by atoms with E-state index in [0.29, 0.717) is 21.4 Å². The van der Waals surface area contributed by atoms with Crippen molar-refractivity contribution in [1.82, 2.24) is 0 Å². The molecule has 0 saturated heterocycles. The first-order valence-electron chi connectivity index (χ1n) is 5.78. The third-order valence-electron chi connectivity index (χ3n) is 2.64. The van der Waals surface area contributed by atoms with Gasteiger partial charge in [0.15, 0.2) is 0 Å². The molecule has 0 atom stereocenters. The maximum absolute atomic E-state index is 11.8. The molecule has 0 saturated carbocycles. The number of amides is 2. The highest BCUT2D eigenvalue weighted by Gasteiger charge is 2.06. The van der Waals surface area contributed by atoms with Gasteiger partial charge in [-0.1, -0.05) is 29.3 Å². The van der Waals surface area contributed by atoms with Gasteiger partial charge in [-0.05, 0) is 36.8 Å². The first kappa shape index (κ1) is 14.5. The topological polar surface area (TPSA) is 61.4 Å². The van der Waals surface area contributed by atoms with Gasteiger partial charge in [-0.3, -0.25) is 0 Å². The minimum Gasteiger partial charge on any atom is -0.508 e. The molecule has 104 valence electrons. The quantitative estimate of drug-likeness (QED) is 0.756. The number of carbonyl (C=O) groups excluding carboxylic acids is 1. The fraction of sp³-hybridized carbons (Fsp3) is 0.0714. The van der Waals surface area contributed by atoms with E-state index in [1.165, 1.54) is 6.07 Å². The van der Waals surface area contributed by atoms with Gasteiger partial charge in [-0.15, -0.1) is 0 Å². The second-order valence-corrected chi connectivity index (χ2v) is 5.02. The fourth-order valence-corrected chi connectivity index (χ4v) is 1.85. The first-order chi connectivity index (χ1) is 9.45. The second kappa shape index (κ2) is 6.03. The van der Waals surface area contributed by atoms with E-state index in [4.69, 9.17) is 23.2 Å². The minimum atomic E-state index is -0.438. The van der Waals surface area contributed by atoms with E-state index < -0.39 is 6.03 Å². The number of hydrogen-bond donors (Lipinski definition) is 3. The van der Waals surface area contributed by atoms with Crippen LogP contribution in [-0.4, -0.2) is 11.1 Å². The van der Waals surface area contributed by atoms with Gasteiger partial charge in [0.1, 0.15) is 5.75 Å². The van der Waals surface area contributed by atoms with Crippen molar-refractivity contribution in [1.29, 1.82) is 0 Å². The molecule has 3 N–H and O–H groups in total. The highest BCUT2D eigenvalue weighted by Crippen LogP contribution is 2.25. The van der Waals surface area contributed by atoms with Gasteiger partial charge in [0.25, 0.3) is 0 Å². The van der Waals surface area contributed by atoms with Crippen molar-refractivity contribution in [3.63, 3.8) is 0 Å². The van der Waals surface area contributed by atoms with Crippen LogP contribution in [-0.2, 0) is 0 Å². The molecule has 6 heteroatoms. The number of anilines is 2. The van der Waals surface area contributed by atoms with E-state index in [1.807, 2.05) is 0 Å². The molecule has 0 aliphatic rings. The molecule has 0 radical (unpaired) electrons. The molecular formula is C14H12Cl2N2O2. The monoisotopic (exact) mass is 310 g/mol. The van der Waals surface area contributed by atoms with Crippen LogP contribution in [0.1, 0.15) is 5.56 Å². The Kier molecular flexibility index (Phi) is 4.37. The Morgan fingerprint density at radius 2 is 1.60 bits per heavy atom. The van der Waals surface area contributed by atoms with Crippen molar-refractivity contribution < 1.29 is 9.90 Å². The van der Waals surface area contributed by atoms with E-state index >= 15 is 0 Å². The van der Waals surface area contributed by atoms with Crippen LogP contribution in [0.2, 0.25) is 10.0 Å². The molecule has 4 nitrogen and oxygen atoms in total. The normalized spacial score (nSPS) is 10.2. The van der Waals surface area contributed by atoms with Crippen LogP contribution in [0.3, 0.4) is 0 Å². The summed E-state index contributed by atoms with van der Waals surface area (Å²) in [7, 11) is 0. The standard InChI is InChI=1S/C14H12Cl2N2O2/c1-8-2-3-10(7-13(8)19)18-14(20)17-9-4-5-11(15)12(16)6-9/h2-7,19H,1H3,(H2,17,18,20). The highest BCUT2D eigenvalue weighted by atomic mass is 35.5. The van der Waals surface area contributed by atoms with Gasteiger partial charge in [0.05, 0.1) is 10.0 Å². The maximum atomic E-state index is 11.8. The lowest BCUT2D eigenvalue weighted by Gasteiger charge is -2.09. The lowest BCUT2D eigenvalue weighted by Crippen LogP contribution is -2.19. The van der Waals surface area contributed by atoms with E-state index in [9.17, 15) is 9.90 Å². The molecule has 0 unspecified atom stereocenters. The Bertz CT molecular complexity index is 604. The molecule has 0 fully saturated rings. The first-order valence-corrected chi connectivity index (χ1v) is 6.54. The van der Waals surface area contributed by atoms with E-state index in [0.717, 1.165) is 5.56 Å². The summed E-state index contributed by atoms with van der Waals surface area (Å²) in [5.74, 6) is 0.123. The van der Waals surface area contributed by atoms with Crippen LogP contribution < -0.4 is 10.6 Å². The van der Waals surface area contributed by atoms with Crippen LogP contribution in [0.25, 0.3) is 0 Å². The van der Waals surface area contributed by atoms with Crippen molar-refractivity contribution in [3.05, 3.63) is 52.0 Å². The predicted molar refractivity (Wildman–Crippen MR) is 81.9 cm³/mol. The van der Waals surface area contributed by atoms with E-state index in [1.54, 1.807) is 37.3 Å². The zero-order valence-corrected chi connectivity index (χ0v) is 12.1. The molecule has 2 aromatic carbocycles. The molecule has 0 aromatic heterocycles. The van der Waals surface area contributed by atoms with Gasteiger partial charge in [-0.2, -0.15) is 0 Å². The molecule has 2 rings (SSSR count). The zero-order chi connectivity index (χ0) is 14.7. The van der Waals surface area contributed by atoms with E-state index in [2.05, 4.69) is 10.6 Å². The van der Waals surface area contributed by atoms with Crippen molar-refractivity contribution in [2.45, 2.75) is 6.92 Å². The Morgan fingerprint density at radius 1 is 1.00 bits per heavy atom. The summed E-state index contributed by atoms with van der Waals surface area (Å²) in [6, 6.07) is 9.23. The van der Waals surface area contributed by atoms with Gasteiger partial charge in [-0.25, -0.2) is 4.79 Å². The number of urea groups is 1. The van der Waals surface area contributed by atoms with Crippen molar-refractivity contribution in [2.24, 2.45) is 0 Å². The Morgan fingerprint density at radius 3 is 2.20 bits per heavy atom. The van der Waals surface area contributed by atoms with Gasteiger partial charge < -0.3 is 15.7 Å². The summed E-state index contributed by atoms with van der Waals surface area (Å²) < 4.78 is 0. The molecule has 0 bridgehead atoms. The number of phenolic OH excluding ortho intramolecular Hbond substituents is 1. The highest BCUT2D eigenvalue weighted by molar-refractivity contribution is 6.42. The lowest BCUT2D eigenvalue weighted by molar-refractivity contribution is 0.262. The number of nitrogens with one attached hydrogen (secondary N) is 2. The number of rotatable bonds is 2. The Labute approximate surface area is 126 Å². The minimum absolute atomic E-state index is 0.123. The molecule has 2 aromatic rings. The van der Waals surface area contributed by atoms with Crippen LogP contribution in [0.15, 0.2) is 36.4 Å². The summed E-state index contributed by atoms with van der Waals surface area (Å²) in [4.78, 5) is 11.8. The Hall–Kier alpha value is -1.91. The summed E-state index contributed by atoms with van der Waals surface area (Å²) in [6.07, 6.45) is 0. The summed E-state index contributed by atoms with van der Waals surface area (Å²) in [5.41, 5.74) is 1.75. The predicted octanol–water partition coefficient (Wildman–Crippen LogP) is 4.65. The lowest BCUT2D eigenvalue weighted by atomic mass is 10.2. The third-order valence-corrected chi connectivity index (χ3v) is 3.38. The molecule has 20 heavy (non-hydrogen) atoms. The number of carbonyl (C=O) groups is 1. The number of halogens is 2. The summed E-state index contributed by atoms with van der Waals surface area (Å²) in [5, 5.41) is 15.6. The number of phenols is 1. The van der Waals surface area contributed by atoms with Crippen molar-refractivity contribution >= 4 is 40.6 Å². The smallest absolute Gasteiger partial charge is 0.323 e. The average Bonchev–Trinajstić information content (AvgIpc) is 2.38. The molecule has 0 spiro atoms. The SMILES string of the molecule is Cc1ccc(NC(=O)Nc2ccc(Cl)c(Cl)c2)cc1O. The van der Waals surface area contributed by atoms with Crippen LogP contribution in [0.4, 0.5) is 16.2 Å². The van der Waals surface area contributed by atoms with Gasteiger partial charge >= 0.3 is 6.03 Å². The zero-order valence-electron chi connectivity index (χ0n) is 10.6. The number of aromatic hydroxyl groups is 1. The number of benzene rings is 2. The van der Waals surface area contributed by atoms with Gasteiger partial charge in [0, 0.05) is 17.4 Å².